The van der Waals surface area contributed by atoms with E-state index in [0.29, 0.717) is 23.5 Å². The molecular weight excluding hydrogens is 276 g/mol. The van der Waals surface area contributed by atoms with Gasteiger partial charge in [-0.3, -0.25) is 0 Å². The van der Waals surface area contributed by atoms with Crippen LogP contribution in [0.25, 0.3) is 0 Å². The van der Waals surface area contributed by atoms with Gasteiger partial charge in [0.2, 0.25) is 0 Å². The fourth-order valence-electron chi connectivity index (χ4n) is 2.54. The third-order valence-electron chi connectivity index (χ3n) is 3.66. The minimum Gasteiger partial charge on any atom is -0.495 e. The highest BCUT2D eigenvalue weighted by molar-refractivity contribution is 6.15. The molecule has 22 heavy (non-hydrogen) atoms. The summed E-state index contributed by atoms with van der Waals surface area (Å²) in [6.07, 6.45) is 0.716. The van der Waals surface area contributed by atoms with E-state index in [1.54, 1.807) is 7.11 Å². The third kappa shape index (κ3) is 2.53. The van der Waals surface area contributed by atoms with E-state index >= 15 is 0 Å². The maximum Gasteiger partial charge on any atom is 0.142 e. The van der Waals surface area contributed by atoms with Gasteiger partial charge < -0.3 is 16.2 Å². The Morgan fingerprint density at radius 3 is 2.45 bits per heavy atom. The predicted molar refractivity (Wildman–Crippen MR) is 90.7 cm³/mol. The number of rotatable bonds is 2. The first kappa shape index (κ1) is 14.1. The number of fused-ring (bicyclic) bond motifs is 1. The van der Waals surface area contributed by atoms with Gasteiger partial charge in [-0.2, -0.15) is 5.10 Å². The summed E-state index contributed by atoms with van der Waals surface area (Å²) in [5.41, 5.74) is 17.9. The number of hydrogen-bond donors (Lipinski definition) is 2. The molecule has 0 bridgehead atoms. The molecule has 5 nitrogen and oxygen atoms in total. The number of hydrogen-bond acceptors (Lipinski definition) is 5. The first-order valence-corrected chi connectivity index (χ1v) is 7.02. The minimum absolute atomic E-state index is 0.587. The van der Waals surface area contributed by atoms with Gasteiger partial charge in [0, 0.05) is 28.9 Å². The first-order chi connectivity index (χ1) is 10.6. The zero-order valence-electron chi connectivity index (χ0n) is 12.6. The first-order valence-electron chi connectivity index (χ1n) is 7.02. The molecule has 0 atom stereocenters. The SMILES string of the molecule is COc1cc2c(cc1N)C(c1ccc(N)cc1)=NN=C(C)C2. The van der Waals surface area contributed by atoms with Crippen LogP contribution in [0.3, 0.4) is 0 Å². The van der Waals surface area contributed by atoms with Crippen molar-refractivity contribution >= 4 is 22.8 Å². The number of anilines is 2. The van der Waals surface area contributed by atoms with E-state index < -0.39 is 0 Å². The molecule has 1 aliphatic rings. The lowest BCUT2D eigenvalue weighted by atomic mass is 9.94. The molecule has 2 aromatic rings. The largest absolute Gasteiger partial charge is 0.495 e. The summed E-state index contributed by atoms with van der Waals surface area (Å²) in [7, 11) is 1.62. The lowest BCUT2D eigenvalue weighted by Gasteiger charge is -2.13. The van der Waals surface area contributed by atoms with Gasteiger partial charge in [-0.1, -0.05) is 12.1 Å². The summed E-state index contributed by atoms with van der Waals surface area (Å²) in [5, 5.41) is 8.70. The molecule has 1 aliphatic heterocycles. The second kappa shape index (κ2) is 5.52. The summed E-state index contributed by atoms with van der Waals surface area (Å²) in [4.78, 5) is 0. The van der Waals surface area contributed by atoms with Crippen molar-refractivity contribution in [2.75, 3.05) is 18.6 Å². The lowest BCUT2D eigenvalue weighted by Crippen LogP contribution is -2.09. The number of ether oxygens (including phenoxy) is 1. The molecule has 3 rings (SSSR count). The zero-order chi connectivity index (χ0) is 15.7. The fourth-order valence-corrected chi connectivity index (χ4v) is 2.54. The highest BCUT2D eigenvalue weighted by Crippen LogP contribution is 2.29. The molecule has 0 radical (unpaired) electrons. The van der Waals surface area contributed by atoms with Crippen LogP contribution in [0.1, 0.15) is 23.6 Å². The smallest absolute Gasteiger partial charge is 0.142 e. The van der Waals surface area contributed by atoms with Crippen LogP contribution < -0.4 is 16.2 Å². The molecule has 0 unspecified atom stereocenters. The van der Waals surface area contributed by atoms with E-state index in [2.05, 4.69) is 10.2 Å². The average Bonchev–Trinajstić information content (AvgIpc) is 2.66. The van der Waals surface area contributed by atoms with Crippen molar-refractivity contribution in [1.29, 1.82) is 0 Å². The van der Waals surface area contributed by atoms with Crippen LogP contribution in [0.4, 0.5) is 11.4 Å². The lowest BCUT2D eigenvalue weighted by molar-refractivity contribution is 0.416. The molecule has 0 fully saturated rings. The molecule has 0 saturated carbocycles. The molecule has 5 heteroatoms. The van der Waals surface area contributed by atoms with Gasteiger partial charge in [0.05, 0.1) is 12.8 Å². The summed E-state index contributed by atoms with van der Waals surface area (Å²) in [6, 6.07) is 11.4. The van der Waals surface area contributed by atoms with Crippen LogP contribution in [0.5, 0.6) is 5.75 Å². The van der Waals surface area contributed by atoms with Crippen LogP contribution in [-0.2, 0) is 6.42 Å². The van der Waals surface area contributed by atoms with Crippen LogP contribution in [-0.4, -0.2) is 18.5 Å². The van der Waals surface area contributed by atoms with Crippen LogP contribution in [0.2, 0.25) is 0 Å². The molecule has 1 heterocycles. The Labute approximate surface area is 129 Å². The van der Waals surface area contributed by atoms with E-state index in [-0.39, 0.29) is 0 Å². The predicted octanol–water partition coefficient (Wildman–Crippen LogP) is 2.63. The van der Waals surface area contributed by atoms with Gasteiger partial charge in [-0.15, -0.1) is 5.10 Å². The monoisotopic (exact) mass is 294 g/mol. The second-order valence-electron chi connectivity index (χ2n) is 5.33. The van der Waals surface area contributed by atoms with E-state index in [9.17, 15) is 0 Å². The summed E-state index contributed by atoms with van der Waals surface area (Å²) in [6.45, 7) is 1.96. The van der Waals surface area contributed by atoms with Crippen LogP contribution in [0, 0.1) is 0 Å². The van der Waals surface area contributed by atoms with Crippen molar-refractivity contribution in [1.82, 2.24) is 0 Å². The molecule has 0 aromatic heterocycles. The van der Waals surface area contributed by atoms with Gasteiger partial charge in [0.25, 0.3) is 0 Å². The van der Waals surface area contributed by atoms with Crippen LogP contribution in [0.15, 0.2) is 46.6 Å². The maximum absolute atomic E-state index is 6.07. The molecule has 0 saturated heterocycles. The van der Waals surface area contributed by atoms with Crippen molar-refractivity contribution in [3.63, 3.8) is 0 Å². The van der Waals surface area contributed by atoms with Crippen molar-refractivity contribution in [3.05, 3.63) is 53.1 Å². The Kier molecular flexibility index (Phi) is 3.55. The van der Waals surface area contributed by atoms with E-state index in [1.807, 2.05) is 43.3 Å². The Bertz CT molecular complexity index is 776. The number of methoxy groups -OCH3 is 1. The quantitative estimate of drug-likeness (QED) is 0.835. The molecule has 4 N–H and O–H groups in total. The normalized spacial score (nSPS) is 13.7. The van der Waals surface area contributed by atoms with Gasteiger partial charge >= 0.3 is 0 Å². The number of nitrogens with zero attached hydrogens (tertiary/aromatic N) is 2. The van der Waals surface area contributed by atoms with E-state index in [0.717, 1.165) is 28.1 Å². The number of nitrogen functional groups attached to an aromatic ring is 2. The van der Waals surface area contributed by atoms with E-state index in [1.165, 1.54) is 0 Å². The van der Waals surface area contributed by atoms with E-state index in [4.69, 9.17) is 16.2 Å². The molecule has 0 aliphatic carbocycles. The van der Waals surface area contributed by atoms with Crippen molar-refractivity contribution in [3.8, 4) is 5.75 Å². The molecular formula is C17H18N4O. The summed E-state index contributed by atoms with van der Waals surface area (Å²) in [5.74, 6) is 0.671. The molecule has 112 valence electrons. The van der Waals surface area contributed by atoms with Crippen molar-refractivity contribution in [2.24, 2.45) is 10.2 Å². The maximum atomic E-state index is 6.07. The van der Waals surface area contributed by atoms with Gasteiger partial charge in [0.1, 0.15) is 11.5 Å². The Balaban J connectivity index is 2.19. The third-order valence-corrected chi connectivity index (χ3v) is 3.66. The average molecular weight is 294 g/mol. The highest BCUT2D eigenvalue weighted by Gasteiger charge is 2.18. The Morgan fingerprint density at radius 1 is 1.05 bits per heavy atom. The van der Waals surface area contributed by atoms with Crippen molar-refractivity contribution in [2.45, 2.75) is 13.3 Å². The summed E-state index contributed by atoms with van der Waals surface area (Å²) < 4.78 is 5.32. The molecule has 0 spiro atoms. The fraction of sp³-hybridized carbons (Fsp3) is 0.176. The summed E-state index contributed by atoms with van der Waals surface area (Å²) >= 11 is 0. The topological polar surface area (TPSA) is 86.0 Å². The molecule has 0 amide bonds. The molecule has 2 aromatic carbocycles. The number of nitrogens with two attached hydrogens (primary N) is 2. The minimum atomic E-state index is 0.587. The van der Waals surface area contributed by atoms with Gasteiger partial charge in [0.15, 0.2) is 0 Å². The zero-order valence-corrected chi connectivity index (χ0v) is 12.6. The Morgan fingerprint density at radius 2 is 1.77 bits per heavy atom. The highest BCUT2D eigenvalue weighted by atomic mass is 16.5. The standard InChI is InChI=1S/C17H18N4O/c1-10-7-12-8-16(22-2)15(19)9-14(12)17(21-20-10)11-3-5-13(18)6-4-11/h3-6,8-9H,7,18-19H2,1-2H3. The van der Waals surface area contributed by atoms with Gasteiger partial charge in [-0.05, 0) is 36.8 Å². The van der Waals surface area contributed by atoms with Crippen molar-refractivity contribution < 1.29 is 4.74 Å². The number of benzene rings is 2. The van der Waals surface area contributed by atoms with Gasteiger partial charge in [-0.25, -0.2) is 0 Å². The van der Waals surface area contributed by atoms with Crippen LogP contribution >= 0.6 is 0 Å². The Hall–Kier alpha value is -2.82. The second-order valence-corrected chi connectivity index (χ2v) is 5.33.